The SMILES string of the molecule is COOC.CO[SiH2]CCC(C)=O. The molecule has 4 nitrogen and oxygen atoms in total. The highest BCUT2D eigenvalue weighted by atomic mass is 28.2. The average Bonchev–Trinajstić information content (AvgIpc) is 2.05. The van der Waals surface area contributed by atoms with E-state index in [2.05, 4.69) is 9.78 Å². The molecule has 0 aliphatic rings. The Hall–Kier alpha value is -0.233. The molecule has 0 aromatic rings. The first-order chi connectivity index (χ1) is 5.68. The Labute approximate surface area is 76.1 Å². The van der Waals surface area contributed by atoms with Crippen LogP contribution in [0.4, 0.5) is 0 Å². The Balaban J connectivity index is 0. The molecule has 0 unspecified atom stereocenters. The van der Waals surface area contributed by atoms with E-state index in [-0.39, 0.29) is 15.5 Å². The number of carbonyl (C=O) groups excluding carboxylic acids is 1. The molecule has 0 aromatic heterocycles. The molecular weight excluding hydrogens is 176 g/mol. The Bertz CT molecular complexity index is 95.4. The minimum Gasteiger partial charge on any atom is -0.427 e. The molecule has 5 heteroatoms. The van der Waals surface area contributed by atoms with Crippen LogP contribution in [0, 0.1) is 0 Å². The number of ketones is 1. The normalized spacial score (nSPS) is 9.67. The van der Waals surface area contributed by atoms with Gasteiger partial charge in [-0.15, -0.1) is 0 Å². The second-order valence-electron chi connectivity index (χ2n) is 2.13. The number of hydrogen-bond donors (Lipinski definition) is 0. The van der Waals surface area contributed by atoms with Crippen LogP contribution in [0.1, 0.15) is 13.3 Å². The van der Waals surface area contributed by atoms with Gasteiger partial charge < -0.3 is 9.22 Å². The Morgan fingerprint density at radius 3 is 2.00 bits per heavy atom. The van der Waals surface area contributed by atoms with Crippen molar-refractivity contribution in [2.75, 3.05) is 21.3 Å². The molecule has 74 valence electrons. The second-order valence-corrected chi connectivity index (χ2v) is 3.82. The quantitative estimate of drug-likeness (QED) is 0.273. The molecule has 0 N–H and O–H groups in total. The van der Waals surface area contributed by atoms with Crippen LogP contribution in [0.3, 0.4) is 0 Å². The Morgan fingerprint density at radius 1 is 1.25 bits per heavy atom. The van der Waals surface area contributed by atoms with Crippen LogP contribution in [0.5, 0.6) is 0 Å². The number of hydrogen-bond acceptors (Lipinski definition) is 4. The lowest BCUT2D eigenvalue weighted by molar-refractivity contribution is -0.248. The van der Waals surface area contributed by atoms with Crippen molar-refractivity contribution in [3.8, 4) is 0 Å². The fourth-order valence-electron chi connectivity index (χ4n) is 0.465. The lowest BCUT2D eigenvalue weighted by Crippen LogP contribution is -1.96. The molecule has 0 amide bonds. The summed E-state index contributed by atoms with van der Waals surface area (Å²) in [5.74, 6) is 0.273. The predicted octanol–water partition coefficient (Wildman–Crippen LogP) is 0.308. The van der Waals surface area contributed by atoms with Gasteiger partial charge in [-0.1, -0.05) is 0 Å². The third-order valence-electron chi connectivity index (χ3n) is 1.04. The molecule has 0 spiro atoms. The van der Waals surface area contributed by atoms with Crippen molar-refractivity contribution in [1.82, 2.24) is 0 Å². The van der Waals surface area contributed by atoms with Gasteiger partial charge in [-0.3, -0.25) is 0 Å². The average molecular weight is 194 g/mol. The van der Waals surface area contributed by atoms with Gasteiger partial charge in [-0.05, 0) is 13.0 Å². The first kappa shape index (κ1) is 14.3. The summed E-state index contributed by atoms with van der Waals surface area (Å²) in [7, 11) is 4.28. The largest absolute Gasteiger partial charge is 0.427 e. The van der Waals surface area contributed by atoms with Gasteiger partial charge in [-0.2, -0.15) is 0 Å². The maximum atomic E-state index is 10.3. The van der Waals surface area contributed by atoms with Gasteiger partial charge in [0.15, 0.2) is 9.76 Å². The van der Waals surface area contributed by atoms with Gasteiger partial charge in [-0.25, -0.2) is 9.78 Å². The lowest BCUT2D eigenvalue weighted by atomic mass is 10.4. The summed E-state index contributed by atoms with van der Waals surface area (Å²) in [4.78, 5) is 18.4. The van der Waals surface area contributed by atoms with E-state index in [9.17, 15) is 4.79 Å². The Morgan fingerprint density at radius 2 is 1.75 bits per heavy atom. The molecule has 12 heavy (non-hydrogen) atoms. The zero-order valence-electron chi connectivity index (χ0n) is 8.25. The molecule has 0 aliphatic carbocycles. The highest BCUT2D eigenvalue weighted by Crippen LogP contribution is 1.88. The summed E-state index contributed by atoms with van der Waals surface area (Å²) in [6.07, 6.45) is 0.708. The van der Waals surface area contributed by atoms with E-state index < -0.39 is 0 Å². The molecule has 0 saturated heterocycles. The van der Waals surface area contributed by atoms with Crippen molar-refractivity contribution in [2.45, 2.75) is 19.4 Å². The van der Waals surface area contributed by atoms with Crippen LogP contribution < -0.4 is 0 Å². The highest BCUT2D eigenvalue weighted by molar-refractivity contribution is 6.27. The van der Waals surface area contributed by atoms with Crippen molar-refractivity contribution in [3.63, 3.8) is 0 Å². The van der Waals surface area contributed by atoms with Crippen LogP contribution in [0.2, 0.25) is 6.04 Å². The molecule has 0 aromatic carbocycles. The van der Waals surface area contributed by atoms with Gasteiger partial charge >= 0.3 is 0 Å². The molecular formula is C7H18O4Si. The summed E-state index contributed by atoms with van der Waals surface area (Å²) < 4.78 is 4.88. The molecule has 0 bridgehead atoms. The van der Waals surface area contributed by atoms with E-state index >= 15 is 0 Å². The molecule has 0 radical (unpaired) electrons. The summed E-state index contributed by atoms with van der Waals surface area (Å²) in [5.41, 5.74) is 0. The van der Waals surface area contributed by atoms with E-state index in [1.165, 1.54) is 14.2 Å². The minimum absolute atomic E-state index is 0.273. The number of Topliss-reactive ketones (excluding diaryl/α,β-unsaturated/α-hetero) is 1. The summed E-state index contributed by atoms with van der Waals surface area (Å²) >= 11 is 0. The van der Waals surface area contributed by atoms with Crippen LogP contribution in [-0.2, 0) is 19.0 Å². The van der Waals surface area contributed by atoms with Crippen molar-refractivity contribution in [3.05, 3.63) is 0 Å². The maximum Gasteiger partial charge on any atom is 0.161 e. The van der Waals surface area contributed by atoms with Crippen LogP contribution >= 0.6 is 0 Å². The van der Waals surface area contributed by atoms with E-state index in [0.717, 1.165) is 6.04 Å². The first-order valence-corrected chi connectivity index (χ1v) is 5.32. The molecule has 0 heterocycles. The van der Waals surface area contributed by atoms with Gasteiger partial charge in [0.2, 0.25) is 0 Å². The number of rotatable bonds is 5. The topological polar surface area (TPSA) is 44.8 Å². The molecule has 0 saturated carbocycles. The van der Waals surface area contributed by atoms with Gasteiger partial charge in [0, 0.05) is 13.5 Å². The molecule has 0 rings (SSSR count). The third-order valence-corrected chi connectivity index (χ3v) is 2.09. The fraction of sp³-hybridized carbons (Fsp3) is 0.857. The van der Waals surface area contributed by atoms with Gasteiger partial charge in [0.25, 0.3) is 0 Å². The highest BCUT2D eigenvalue weighted by Gasteiger charge is 1.91. The van der Waals surface area contributed by atoms with Crippen molar-refractivity contribution in [1.29, 1.82) is 0 Å². The molecule has 0 atom stereocenters. The van der Waals surface area contributed by atoms with Gasteiger partial charge in [0.1, 0.15) is 5.78 Å². The van der Waals surface area contributed by atoms with E-state index in [0.29, 0.717) is 6.42 Å². The fourth-order valence-corrected chi connectivity index (χ4v) is 1.40. The summed E-state index contributed by atoms with van der Waals surface area (Å²) in [6, 6.07) is 0.992. The summed E-state index contributed by atoms with van der Waals surface area (Å²) in [5, 5.41) is 0. The van der Waals surface area contributed by atoms with E-state index in [1.807, 2.05) is 0 Å². The van der Waals surface area contributed by atoms with Crippen LogP contribution in [-0.4, -0.2) is 36.9 Å². The maximum absolute atomic E-state index is 10.3. The first-order valence-electron chi connectivity index (χ1n) is 3.74. The lowest BCUT2D eigenvalue weighted by Gasteiger charge is -1.91. The standard InChI is InChI=1S/C5H12O2Si.C2H6O2/c1-5(6)3-4-8-7-2;1-3-4-2/h3-4,8H2,1-2H3;1-2H3. The van der Waals surface area contributed by atoms with Crippen LogP contribution in [0.25, 0.3) is 0 Å². The van der Waals surface area contributed by atoms with Crippen molar-refractivity contribution in [2.24, 2.45) is 0 Å². The smallest absolute Gasteiger partial charge is 0.161 e. The summed E-state index contributed by atoms with van der Waals surface area (Å²) in [6.45, 7) is 1.62. The number of carbonyl (C=O) groups is 1. The zero-order chi connectivity index (χ0) is 9.82. The van der Waals surface area contributed by atoms with Crippen LogP contribution in [0.15, 0.2) is 0 Å². The minimum atomic E-state index is -0.342. The molecule has 0 fully saturated rings. The van der Waals surface area contributed by atoms with E-state index in [4.69, 9.17) is 4.43 Å². The van der Waals surface area contributed by atoms with Gasteiger partial charge in [0.05, 0.1) is 14.2 Å². The zero-order valence-corrected chi connectivity index (χ0v) is 9.67. The Kier molecular flexibility index (Phi) is 15.9. The van der Waals surface area contributed by atoms with Crippen molar-refractivity contribution < 1.29 is 19.0 Å². The van der Waals surface area contributed by atoms with Crippen molar-refractivity contribution >= 4 is 15.5 Å². The third kappa shape index (κ3) is 22.6. The monoisotopic (exact) mass is 194 g/mol. The second kappa shape index (κ2) is 13.4. The predicted molar refractivity (Wildman–Crippen MR) is 49.7 cm³/mol. The van der Waals surface area contributed by atoms with E-state index in [1.54, 1.807) is 14.0 Å². The molecule has 0 aliphatic heterocycles.